The maximum Gasteiger partial charge on any atom is 0.231 e. The number of aromatic nitrogens is 5. The Hall–Kier alpha value is -4.35. The number of ether oxygens (including phenoxy) is 3. The molecule has 6 rings (SSSR count). The highest BCUT2D eigenvalue weighted by Gasteiger charge is 2.30. The first-order valence-corrected chi connectivity index (χ1v) is 13.6. The van der Waals surface area contributed by atoms with Gasteiger partial charge in [-0.25, -0.2) is 15.0 Å². The van der Waals surface area contributed by atoms with Gasteiger partial charge in [-0.1, -0.05) is 11.6 Å². The molecule has 0 saturated carbocycles. The van der Waals surface area contributed by atoms with Crippen LogP contribution in [0.4, 0.5) is 11.7 Å². The van der Waals surface area contributed by atoms with Crippen molar-refractivity contribution < 1.29 is 23.5 Å². The molecule has 40 heavy (non-hydrogen) atoms. The van der Waals surface area contributed by atoms with Gasteiger partial charge < -0.3 is 28.2 Å². The van der Waals surface area contributed by atoms with Crippen LogP contribution in [-0.4, -0.2) is 65.0 Å². The summed E-state index contributed by atoms with van der Waals surface area (Å²) in [5.74, 6) is 3.27. The minimum atomic E-state index is -0.242. The number of amides is 1. The molecule has 1 atom stereocenters. The lowest BCUT2D eigenvalue weighted by Gasteiger charge is -2.32. The summed E-state index contributed by atoms with van der Waals surface area (Å²) < 4.78 is 24.0. The molecule has 0 spiro atoms. The van der Waals surface area contributed by atoms with Crippen LogP contribution >= 0.6 is 0 Å². The lowest BCUT2D eigenvalue weighted by atomic mass is 9.97. The summed E-state index contributed by atoms with van der Waals surface area (Å²) in [7, 11) is 4.66. The number of anilines is 2. The van der Waals surface area contributed by atoms with Crippen molar-refractivity contribution >= 4 is 28.8 Å². The Morgan fingerprint density at radius 2 is 1.82 bits per heavy atom. The first kappa shape index (κ1) is 25.9. The van der Waals surface area contributed by atoms with Gasteiger partial charge in [-0.3, -0.25) is 10.1 Å². The van der Waals surface area contributed by atoms with Crippen molar-refractivity contribution in [1.29, 1.82) is 0 Å². The van der Waals surface area contributed by atoms with E-state index in [1.54, 1.807) is 45.9 Å². The topological polar surface area (TPSA) is 130 Å². The number of carbonyl (C=O) groups excluding carboxylic acids is 1. The van der Waals surface area contributed by atoms with Crippen molar-refractivity contribution in [2.24, 2.45) is 5.92 Å². The van der Waals surface area contributed by atoms with E-state index in [1.807, 2.05) is 0 Å². The van der Waals surface area contributed by atoms with Crippen LogP contribution in [0.25, 0.3) is 22.4 Å². The molecule has 1 amide bonds. The molecule has 0 bridgehead atoms. The Morgan fingerprint density at radius 3 is 2.60 bits per heavy atom. The van der Waals surface area contributed by atoms with Crippen molar-refractivity contribution in [2.75, 3.05) is 44.6 Å². The molecular formula is C28H33N7O5. The average Bonchev–Trinajstić information content (AvgIpc) is 3.53. The number of benzene rings is 1. The zero-order chi connectivity index (χ0) is 27.6. The van der Waals surface area contributed by atoms with Crippen molar-refractivity contribution in [3.8, 4) is 28.5 Å². The Labute approximate surface area is 231 Å². The molecule has 1 N–H and O–H groups in total. The Balaban J connectivity index is 1.18. The third-order valence-electron chi connectivity index (χ3n) is 7.68. The van der Waals surface area contributed by atoms with Crippen molar-refractivity contribution in [2.45, 2.75) is 45.1 Å². The fourth-order valence-electron chi connectivity index (χ4n) is 5.66. The number of aryl methyl sites for hydroxylation is 2. The maximum absolute atomic E-state index is 13.3. The second-order valence-electron chi connectivity index (χ2n) is 10.1. The standard InChI is InChI=1S/C28H33N7O5/c1-37-20-12-18(13-21(38-2)25(20)39-3)19-14-23(40-33-19)32-28(36)17-8-7-10-34(15-17)26-24-27(30-16-29-26)35-11-6-4-5-9-22(35)31-24/h12-14,16-17H,4-11,15H2,1-3H3,(H,32,36)/t17-/m1/s1. The van der Waals surface area contributed by atoms with E-state index in [0.29, 0.717) is 35.1 Å². The molecule has 0 aliphatic carbocycles. The summed E-state index contributed by atoms with van der Waals surface area (Å²) in [5.41, 5.74) is 2.94. The predicted molar refractivity (Wildman–Crippen MR) is 148 cm³/mol. The minimum absolute atomic E-state index is 0.122. The van der Waals surface area contributed by atoms with Gasteiger partial charge in [0, 0.05) is 37.7 Å². The van der Waals surface area contributed by atoms with Crippen LogP contribution in [0.1, 0.15) is 37.9 Å². The van der Waals surface area contributed by atoms with Gasteiger partial charge in [0.05, 0.1) is 27.2 Å². The summed E-state index contributed by atoms with van der Waals surface area (Å²) in [6.45, 7) is 2.28. The fourth-order valence-corrected chi connectivity index (χ4v) is 5.66. The first-order chi connectivity index (χ1) is 19.6. The van der Waals surface area contributed by atoms with Gasteiger partial charge in [0.25, 0.3) is 0 Å². The minimum Gasteiger partial charge on any atom is -0.493 e. The summed E-state index contributed by atoms with van der Waals surface area (Å²) in [6, 6.07) is 5.24. The second kappa shape index (κ2) is 11.0. The monoisotopic (exact) mass is 547 g/mol. The highest BCUT2D eigenvalue weighted by molar-refractivity contribution is 5.93. The van der Waals surface area contributed by atoms with Crippen LogP contribution in [0.2, 0.25) is 0 Å². The van der Waals surface area contributed by atoms with Crippen LogP contribution in [0.5, 0.6) is 17.2 Å². The van der Waals surface area contributed by atoms with Crippen LogP contribution in [0.3, 0.4) is 0 Å². The smallest absolute Gasteiger partial charge is 0.231 e. The van der Waals surface area contributed by atoms with E-state index in [0.717, 1.165) is 68.0 Å². The van der Waals surface area contributed by atoms with Crippen molar-refractivity contribution in [3.63, 3.8) is 0 Å². The van der Waals surface area contributed by atoms with Gasteiger partial charge in [0.1, 0.15) is 17.8 Å². The highest BCUT2D eigenvalue weighted by Crippen LogP contribution is 2.41. The number of fused-ring (bicyclic) bond motifs is 3. The van der Waals surface area contributed by atoms with E-state index in [1.165, 1.54) is 6.42 Å². The van der Waals surface area contributed by atoms with Crippen LogP contribution in [0.15, 0.2) is 29.0 Å². The Morgan fingerprint density at radius 1 is 1.00 bits per heavy atom. The molecule has 12 nitrogen and oxygen atoms in total. The fraction of sp³-hybridized carbons (Fsp3) is 0.464. The van der Waals surface area contributed by atoms with Gasteiger partial charge in [-0.05, 0) is 37.8 Å². The summed E-state index contributed by atoms with van der Waals surface area (Å²) in [6.07, 6.45) is 7.68. The SMILES string of the molecule is COc1cc(-c2cc(NC(=O)[C@@H]3CCCN(c4ncnc5c4nc4n5CCCCC4)C3)on2)cc(OC)c1OC. The van der Waals surface area contributed by atoms with Gasteiger partial charge in [0.2, 0.25) is 17.5 Å². The molecule has 1 aromatic carbocycles. The molecule has 210 valence electrons. The summed E-state index contributed by atoms with van der Waals surface area (Å²) >= 11 is 0. The van der Waals surface area contributed by atoms with Gasteiger partial charge >= 0.3 is 0 Å². The van der Waals surface area contributed by atoms with Gasteiger partial charge in [-0.2, -0.15) is 0 Å². The van der Waals surface area contributed by atoms with Crippen LogP contribution < -0.4 is 24.4 Å². The molecule has 5 heterocycles. The molecule has 0 radical (unpaired) electrons. The van der Waals surface area contributed by atoms with Crippen molar-refractivity contribution in [3.05, 3.63) is 30.4 Å². The van der Waals surface area contributed by atoms with Crippen LogP contribution in [-0.2, 0) is 17.8 Å². The van der Waals surface area contributed by atoms with Crippen LogP contribution in [0, 0.1) is 5.92 Å². The molecule has 4 aromatic rings. The number of imidazole rings is 1. The third-order valence-corrected chi connectivity index (χ3v) is 7.68. The van der Waals surface area contributed by atoms with E-state index in [9.17, 15) is 4.79 Å². The maximum atomic E-state index is 13.3. The van der Waals surface area contributed by atoms with Crippen molar-refractivity contribution in [1.82, 2.24) is 24.7 Å². The van der Waals surface area contributed by atoms with E-state index in [4.69, 9.17) is 23.7 Å². The first-order valence-electron chi connectivity index (χ1n) is 13.6. The van der Waals surface area contributed by atoms with E-state index >= 15 is 0 Å². The van der Waals surface area contributed by atoms with Gasteiger partial charge in [0.15, 0.2) is 28.5 Å². The van der Waals surface area contributed by atoms with E-state index in [-0.39, 0.29) is 17.7 Å². The van der Waals surface area contributed by atoms with E-state index < -0.39 is 0 Å². The molecule has 2 aliphatic heterocycles. The Bertz CT molecular complexity index is 1510. The molecular weight excluding hydrogens is 514 g/mol. The normalized spacial score (nSPS) is 17.3. The summed E-state index contributed by atoms with van der Waals surface area (Å²) in [4.78, 5) is 29.6. The quantitative estimate of drug-likeness (QED) is 0.361. The lowest BCUT2D eigenvalue weighted by molar-refractivity contribution is -0.120. The highest BCUT2D eigenvalue weighted by atomic mass is 16.5. The number of hydrogen-bond donors (Lipinski definition) is 1. The number of nitrogens with zero attached hydrogens (tertiary/aromatic N) is 6. The van der Waals surface area contributed by atoms with Gasteiger partial charge in [-0.15, -0.1) is 0 Å². The number of piperidine rings is 1. The molecule has 0 unspecified atom stereocenters. The number of nitrogens with one attached hydrogen (secondary N) is 1. The summed E-state index contributed by atoms with van der Waals surface area (Å²) in [5, 5.41) is 7.05. The molecule has 2 aliphatic rings. The lowest BCUT2D eigenvalue weighted by Crippen LogP contribution is -2.41. The molecule has 1 saturated heterocycles. The number of rotatable bonds is 7. The average molecular weight is 548 g/mol. The zero-order valence-corrected chi connectivity index (χ0v) is 23.0. The molecule has 3 aromatic heterocycles. The number of carbonyl (C=O) groups is 1. The zero-order valence-electron chi connectivity index (χ0n) is 23.0. The number of methoxy groups -OCH3 is 3. The predicted octanol–water partition coefficient (Wildman–Crippen LogP) is 4.09. The third kappa shape index (κ3) is 4.78. The molecule has 1 fully saturated rings. The molecule has 12 heteroatoms. The van der Waals surface area contributed by atoms with E-state index in [2.05, 4.69) is 29.9 Å². The Kier molecular flexibility index (Phi) is 7.14. The largest absolute Gasteiger partial charge is 0.493 e. The number of hydrogen-bond acceptors (Lipinski definition) is 10. The second-order valence-corrected chi connectivity index (χ2v) is 10.1.